The highest BCUT2D eigenvalue weighted by atomic mass is 16.4. The molecule has 0 aliphatic heterocycles. The average Bonchev–Trinajstić information content (AvgIpc) is 2.98. The number of aromatic carboxylic acids is 2. The molecule has 2 aromatic carbocycles. The number of carboxylic acid groups (broad SMARTS) is 2. The van der Waals surface area contributed by atoms with Gasteiger partial charge in [0.1, 0.15) is 0 Å². The molecule has 1 aliphatic rings. The van der Waals surface area contributed by atoms with Gasteiger partial charge in [-0.3, -0.25) is 0 Å². The van der Waals surface area contributed by atoms with Crippen LogP contribution in [0.4, 0.5) is 0 Å². The lowest BCUT2D eigenvalue weighted by atomic mass is 9.84. The van der Waals surface area contributed by atoms with Crippen LogP contribution >= 0.6 is 0 Å². The van der Waals surface area contributed by atoms with Gasteiger partial charge in [0.05, 0.1) is 11.1 Å². The molecule has 3 rings (SSSR count). The quantitative estimate of drug-likeness (QED) is 0.892. The molecule has 4 heteroatoms. The molecule has 0 aromatic heterocycles. The zero-order chi connectivity index (χ0) is 17.6. The molecule has 0 amide bonds. The van der Waals surface area contributed by atoms with Crippen molar-refractivity contribution in [2.45, 2.75) is 39.5 Å². The van der Waals surface area contributed by atoms with Crippen LogP contribution in [-0.2, 0) is 6.42 Å². The summed E-state index contributed by atoms with van der Waals surface area (Å²) in [7, 11) is 0. The third kappa shape index (κ3) is 2.39. The lowest BCUT2D eigenvalue weighted by Gasteiger charge is -2.20. The van der Waals surface area contributed by atoms with Gasteiger partial charge in [0.15, 0.2) is 0 Å². The van der Waals surface area contributed by atoms with Crippen molar-refractivity contribution in [2.75, 3.05) is 0 Å². The van der Waals surface area contributed by atoms with E-state index in [1.807, 2.05) is 32.9 Å². The molecule has 1 atom stereocenters. The maximum atomic E-state index is 11.7. The monoisotopic (exact) mass is 324 g/mol. The SMILES string of the molecule is Cc1c(C)c(C(=O)O)c(C)c2c1CCC2c1ccc(C(=O)O)cc1. The van der Waals surface area contributed by atoms with Crippen molar-refractivity contribution >= 4 is 11.9 Å². The van der Waals surface area contributed by atoms with Gasteiger partial charge in [-0.15, -0.1) is 0 Å². The Hall–Kier alpha value is -2.62. The van der Waals surface area contributed by atoms with Gasteiger partial charge < -0.3 is 10.2 Å². The van der Waals surface area contributed by atoms with Gasteiger partial charge in [-0.2, -0.15) is 0 Å². The summed E-state index contributed by atoms with van der Waals surface area (Å²) in [5, 5.41) is 18.6. The Morgan fingerprint density at radius 1 is 0.917 bits per heavy atom. The minimum absolute atomic E-state index is 0.125. The largest absolute Gasteiger partial charge is 0.478 e. The van der Waals surface area contributed by atoms with Gasteiger partial charge in [0.2, 0.25) is 0 Å². The normalized spacial score (nSPS) is 16.0. The molecule has 1 aliphatic carbocycles. The minimum atomic E-state index is -0.941. The van der Waals surface area contributed by atoms with Crippen LogP contribution in [0.1, 0.15) is 66.4 Å². The zero-order valence-corrected chi connectivity index (χ0v) is 14.0. The first kappa shape index (κ1) is 16.2. The second kappa shape index (κ2) is 5.78. The standard InChI is InChI=1S/C20H20O4/c1-10-11(2)17(20(23)24)12(3)18-15(10)8-9-16(18)13-4-6-14(7-5-13)19(21)22/h4-7,16H,8-9H2,1-3H3,(H,21,22)(H,23,24). The van der Waals surface area contributed by atoms with Crippen molar-refractivity contribution < 1.29 is 19.8 Å². The maximum absolute atomic E-state index is 11.7. The average molecular weight is 324 g/mol. The van der Waals surface area contributed by atoms with E-state index in [1.165, 1.54) is 5.56 Å². The molecule has 0 heterocycles. The van der Waals surface area contributed by atoms with Crippen molar-refractivity contribution in [1.82, 2.24) is 0 Å². The van der Waals surface area contributed by atoms with E-state index in [-0.39, 0.29) is 11.5 Å². The third-order valence-electron chi connectivity index (χ3n) is 5.30. The van der Waals surface area contributed by atoms with E-state index in [1.54, 1.807) is 12.1 Å². The summed E-state index contributed by atoms with van der Waals surface area (Å²) in [5.74, 6) is -1.70. The third-order valence-corrected chi connectivity index (χ3v) is 5.30. The first-order valence-corrected chi connectivity index (χ1v) is 8.02. The zero-order valence-electron chi connectivity index (χ0n) is 14.0. The number of benzene rings is 2. The smallest absolute Gasteiger partial charge is 0.336 e. The highest BCUT2D eigenvalue weighted by Crippen LogP contribution is 2.43. The number of carbonyl (C=O) groups is 2. The predicted octanol–water partition coefficient (Wildman–Crippen LogP) is 4.09. The van der Waals surface area contributed by atoms with Crippen molar-refractivity contribution in [3.63, 3.8) is 0 Å². The fourth-order valence-electron chi connectivity index (χ4n) is 4.00. The minimum Gasteiger partial charge on any atom is -0.478 e. The Kier molecular flexibility index (Phi) is 3.91. The molecule has 0 fully saturated rings. The van der Waals surface area contributed by atoms with Crippen LogP contribution in [0.25, 0.3) is 0 Å². The van der Waals surface area contributed by atoms with Gasteiger partial charge in [0, 0.05) is 5.92 Å². The number of carboxylic acids is 2. The van der Waals surface area contributed by atoms with Crippen LogP contribution in [-0.4, -0.2) is 22.2 Å². The second-order valence-corrected chi connectivity index (χ2v) is 6.47. The molecule has 124 valence electrons. The van der Waals surface area contributed by atoms with Gasteiger partial charge >= 0.3 is 11.9 Å². The number of hydrogen-bond acceptors (Lipinski definition) is 2. The summed E-state index contributed by atoms with van der Waals surface area (Å²) in [6, 6.07) is 6.92. The van der Waals surface area contributed by atoms with E-state index in [0.717, 1.165) is 40.7 Å². The molecule has 0 bridgehead atoms. The van der Waals surface area contributed by atoms with Crippen LogP contribution < -0.4 is 0 Å². The fraction of sp³-hybridized carbons (Fsp3) is 0.300. The maximum Gasteiger partial charge on any atom is 0.336 e. The molecule has 0 spiro atoms. The Morgan fingerprint density at radius 2 is 1.54 bits per heavy atom. The Morgan fingerprint density at radius 3 is 2.08 bits per heavy atom. The van der Waals surface area contributed by atoms with Crippen molar-refractivity contribution in [2.24, 2.45) is 0 Å². The molecule has 4 nitrogen and oxygen atoms in total. The topological polar surface area (TPSA) is 74.6 Å². The Balaban J connectivity index is 2.15. The molecular formula is C20H20O4. The summed E-state index contributed by atoms with van der Waals surface area (Å²) in [4.78, 5) is 22.7. The summed E-state index contributed by atoms with van der Waals surface area (Å²) in [6.45, 7) is 5.76. The molecule has 2 aromatic rings. The van der Waals surface area contributed by atoms with E-state index in [9.17, 15) is 14.7 Å². The molecule has 1 unspecified atom stereocenters. The van der Waals surface area contributed by atoms with Gasteiger partial charge in [0.25, 0.3) is 0 Å². The van der Waals surface area contributed by atoms with E-state index in [0.29, 0.717) is 5.56 Å². The highest BCUT2D eigenvalue weighted by Gasteiger charge is 2.31. The van der Waals surface area contributed by atoms with Crippen LogP contribution in [0.2, 0.25) is 0 Å². The predicted molar refractivity (Wildman–Crippen MR) is 91.2 cm³/mol. The Labute approximate surface area is 140 Å². The highest BCUT2D eigenvalue weighted by molar-refractivity contribution is 5.92. The first-order chi connectivity index (χ1) is 11.3. The fourth-order valence-corrected chi connectivity index (χ4v) is 4.00. The second-order valence-electron chi connectivity index (χ2n) is 6.47. The summed E-state index contributed by atoms with van der Waals surface area (Å²) in [6.07, 6.45) is 1.85. The molecule has 2 N–H and O–H groups in total. The molecule has 0 saturated carbocycles. The van der Waals surface area contributed by atoms with Crippen molar-refractivity contribution in [1.29, 1.82) is 0 Å². The van der Waals surface area contributed by atoms with E-state index < -0.39 is 11.9 Å². The molecular weight excluding hydrogens is 304 g/mol. The Bertz CT molecular complexity index is 847. The van der Waals surface area contributed by atoms with Crippen molar-refractivity contribution in [3.8, 4) is 0 Å². The van der Waals surface area contributed by atoms with E-state index in [2.05, 4.69) is 0 Å². The number of fused-ring (bicyclic) bond motifs is 1. The van der Waals surface area contributed by atoms with Gasteiger partial charge in [-0.05, 0) is 79.1 Å². The van der Waals surface area contributed by atoms with E-state index >= 15 is 0 Å². The molecule has 0 radical (unpaired) electrons. The lowest BCUT2D eigenvalue weighted by Crippen LogP contribution is -2.10. The summed E-state index contributed by atoms with van der Waals surface area (Å²) < 4.78 is 0. The summed E-state index contributed by atoms with van der Waals surface area (Å²) in [5.41, 5.74) is 6.83. The van der Waals surface area contributed by atoms with E-state index in [4.69, 9.17) is 5.11 Å². The lowest BCUT2D eigenvalue weighted by molar-refractivity contribution is 0.0685. The van der Waals surface area contributed by atoms with Crippen molar-refractivity contribution in [3.05, 3.63) is 68.8 Å². The number of rotatable bonds is 3. The van der Waals surface area contributed by atoms with Gasteiger partial charge in [-0.25, -0.2) is 9.59 Å². The first-order valence-electron chi connectivity index (χ1n) is 8.02. The molecule has 24 heavy (non-hydrogen) atoms. The van der Waals surface area contributed by atoms with Crippen LogP contribution in [0, 0.1) is 20.8 Å². The number of hydrogen-bond donors (Lipinski definition) is 2. The van der Waals surface area contributed by atoms with Crippen LogP contribution in [0.5, 0.6) is 0 Å². The van der Waals surface area contributed by atoms with Gasteiger partial charge in [-0.1, -0.05) is 12.1 Å². The van der Waals surface area contributed by atoms with Crippen LogP contribution in [0.3, 0.4) is 0 Å². The van der Waals surface area contributed by atoms with Crippen LogP contribution in [0.15, 0.2) is 24.3 Å². The molecule has 0 saturated heterocycles. The summed E-state index contributed by atoms with van der Waals surface area (Å²) >= 11 is 0.